The van der Waals surface area contributed by atoms with Crippen LogP contribution in [0.5, 0.6) is 0 Å². The molecule has 1 heterocycles. The van der Waals surface area contributed by atoms with Crippen LogP contribution in [0.2, 0.25) is 0 Å². The van der Waals surface area contributed by atoms with E-state index in [1.54, 1.807) is 0 Å². The summed E-state index contributed by atoms with van der Waals surface area (Å²) in [6.45, 7) is 4.24. The van der Waals surface area contributed by atoms with Crippen LogP contribution in [0.3, 0.4) is 0 Å². The van der Waals surface area contributed by atoms with Crippen LogP contribution in [0, 0.1) is 0 Å². The summed E-state index contributed by atoms with van der Waals surface area (Å²) in [6, 6.07) is 15.7. The molecule has 3 rings (SSSR count). The van der Waals surface area contributed by atoms with E-state index in [-0.39, 0.29) is 5.91 Å². The Kier molecular flexibility index (Phi) is 5.87. The molecular formula is C23H25N3O. The fourth-order valence-corrected chi connectivity index (χ4v) is 2.99. The van der Waals surface area contributed by atoms with Crippen LogP contribution >= 0.6 is 0 Å². The van der Waals surface area contributed by atoms with Crippen LogP contribution in [-0.2, 0) is 17.6 Å². The lowest BCUT2D eigenvalue weighted by Crippen LogP contribution is -2.08. The van der Waals surface area contributed by atoms with Gasteiger partial charge in [-0.25, -0.2) is 0 Å². The van der Waals surface area contributed by atoms with Crippen LogP contribution < -0.4 is 11.1 Å². The van der Waals surface area contributed by atoms with Gasteiger partial charge in [0.25, 0.3) is 0 Å². The largest absolute Gasteiger partial charge is 0.398 e. The van der Waals surface area contributed by atoms with E-state index >= 15 is 0 Å². The average Bonchev–Trinajstić information content (AvgIpc) is 2.67. The second-order valence-corrected chi connectivity index (χ2v) is 6.60. The van der Waals surface area contributed by atoms with Gasteiger partial charge in [-0.15, -0.1) is 0 Å². The number of nitrogens with two attached hydrogens (primary N) is 1. The van der Waals surface area contributed by atoms with Gasteiger partial charge >= 0.3 is 0 Å². The van der Waals surface area contributed by atoms with Gasteiger partial charge in [-0.05, 0) is 54.3 Å². The van der Waals surface area contributed by atoms with E-state index in [9.17, 15) is 4.79 Å². The summed E-state index contributed by atoms with van der Waals surface area (Å²) in [5, 5.41) is 3.74. The van der Waals surface area contributed by atoms with Gasteiger partial charge in [-0.1, -0.05) is 44.5 Å². The summed E-state index contributed by atoms with van der Waals surface area (Å²) in [6.07, 6.45) is 6.28. The number of fused-ring (bicyclic) bond motifs is 1. The maximum atomic E-state index is 12.2. The van der Waals surface area contributed by atoms with Gasteiger partial charge in [0.05, 0.1) is 5.52 Å². The maximum absolute atomic E-state index is 12.2. The van der Waals surface area contributed by atoms with Crippen molar-refractivity contribution in [2.24, 2.45) is 0 Å². The first-order valence-electron chi connectivity index (χ1n) is 9.36. The second kappa shape index (κ2) is 8.49. The van der Waals surface area contributed by atoms with Crippen molar-refractivity contribution in [2.45, 2.75) is 33.1 Å². The molecule has 138 valence electrons. The molecule has 1 aromatic heterocycles. The topological polar surface area (TPSA) is 68.0 Å². The summed E-state index contributed by atoms with van der Waals surface area (Å²) in [5.74, 6) is -0.178. The Morgan fingerprint density at radius 2 is 1.89 bits per heavy atom. The molecule has 0 fully saturated rings. The molecule has 0 unspecified atom stereocenters. The number of nitrogen functional groups attached to an aromatic ring is 1. The monoisotopic (exact) mass is 359 g/mol. The average molecular weight is 359 g/mol. The summed E-state index contributed by atoms with van der Waals surface area (Å²) in [5.41, 5.74) is 11.7. The Morgan fingerprint density at radius 1 is 1.11 bits per heavy atom. The SMILES string of the molecule is CCCc1cc(N)c2cc(NC(=O)/C=C/c3ccc(CC)cc3)ccc2n1. The normalized spacial score (nSPS) is 11.2. The molecule has 0 saturated heterocycles. The van der Waals surface area contributed by atoms with Crippen LogP contribution in [0.25, 0.3) is 17.0 Å². The summed E-state index contributed by atoms with van der Waals surface area (Å²) < 4.78 is 0. The van der Waals surface area contributed by atoms with Gasteiger partial charge in [0, 0.05) is 28.5 Å². The molecule has 0 aliphatic rings. The first kappa shape index (κ1) is 18.6. The number of nitrogens with one attached hydrogen (secondary N) is 1. The lowest BCUT2D eigenvalue weighted by Gasteiger charge is -2.08. The summed E-state index contributed by atoms with van der Waals surface area (Å²) in [7, 11) is 0. The van der Waals surface area contributed by atoms with E-state index in [0.717, 1.165) is 41.4 Å². The standard InChI is InChI=1S/C23H25N3O/c1-3-5-18-15-21(24)20-14-19(11-12-22(20)25-18)26-23(27)13-10-17-8-6-16(4-2)7-9-17/h6-15H,3-5H2,1-2H3,(H2,24,25)(H,26,27)/b13-10+. The zero-order chi connectivity index (χ0) is 19.2. The van der Waals surface area contributed by atoms with Crippen LogP contribution in [0.4, 0.5) is 11.4 Å². The molecule has 4 heteroatoms. The molecule has 1 amide bonds. The molecule has 0 spiro atoms. The van der Waals surface area contributed by atoms with E-state index in [1.807, 2.05) is 42.5 Å². The Morgan fingerprint density at radius 3 is 2.59 bits per heavy atom. The van der Waals surface area contributed by atoms with Crippen molar-refractivity contribution in [1.29, 1.82) is 0 Å². The number of amides is 1. The van der Waals surface area contributed by atoms with E-state index < -0.39 is 0 Å². The van der Waals surface area contributed by atoms with Crippen molar-refractivity contribution >= 4 is 34.3 Å². The zero-order valence-corrected chi connectivity index (χ0v) is 15.8. The number of rotatable bonds is 6. The quantitative estimate of drug-likeness (QED) is 0.610. The second-order valence-electron chi connectivity index (χ2n) is 6.60. The van der Waals surface area contributed by atoms with Crippen molar-refractivity contribution in [3.05, 3.63) is 71.4 Å². The smallest absolute Gasteiger partial charge is 0.248 e. The Labute approximate surface area is 160 Å². The van der Waals surface area contributed by atoms with Gasteiger partial charge in [-0.3, -0.25) is 9.78 Å². The molecule has 27 heavy (non-hydrogen) atoms. The van der Waals surface area contributed by atoms with Gasteiger partial charge in [0.15, 0.2) is 0 Å². The van der Waals surface area contributed by atoms with Crippen molar-refractivity contribution in [2.75, 3.05) is 11.1 Å². The van der Waals surface area contributed by atoms with Crippen LogP contribution in [-0.4, -0.2) is 10.9 Å². The molecule has 2 aromatic carbocycles. The number of anilines is 2. The van der Waals surface area contributed by atoms with Gasteiger partial charge in [0.2, 0.25) is 5.91 Å². The third-order valence-corrected chi connectivity index (χ3v) is 4.48. The number of aryl methyl sites for hydroxylation is 2. The number of hydrogen-bond donors (Lipinski definition) is 2. The minimum Gasteiger partial charge on any atom is -0.398 e. The number of nitrogens with zero attached hydrogens (tertiary/aromatic N) is 1. The third kappa shape index (κ3) is 4.73. The third-order valence-electron chi connectivity index (χ3n) is 4.48. The fourth-order valence-electron chi connectivity index (χ4n) is 2.99. The molecule has 3 N–H and O–H groups in total. The number of pyridine rings is 1. The molecule has 0 saturated carbocycles. The Balaban J connectivity index is 1.73. The molecule has 0 aliphatic heterocycles. The minimum absolute atomic E-state index is 0.178. The summed E-state index contributed by atoms with van der Waals surface area (Å²) >= 11 is 0. The molecule has 0 bridgehead atoms. The molecule has 4 nitrogen and oxygen atoms in total. The van der Waals surface area contributed by atoms with E-state index in [0.29, 0.717) is 11.4 Å². The highest BCUT2D eigenvalue weighted by Crippen LogP contribution is 2.24. The number of carbonyl (C=O) groups excluding carboxylic acids is 1. The lowest BCUT2D eigenvalue weighted by molar-refractivity contribution is -0.111. The van der Waals surface area contributed by atoms with Crippen LogP contribution in [0.1, 0.15) is 37.1 Å². The highest BCUT2D eigenvalue weighted by Gasteiger charge is 2.06. The predicted molar refractivity (Wildman–Crippen MR) is 114 cm³/mol. The number of benzene rings is 2. The number of hydrogen-bond acceptors (Lipinski definition) is 3. The molecule has 0 radical (unpaired) electrons. The van der Waals surface area contributed by atoms with Crippen molar-refractivity contribution in [1.82, 2.24) is 4.98 Å². The zero-order valence-electron chi connectivity index (χ0n) is 15.8. The highest BCUT2D eigenvalue weighted by molar-refractivity contribution is 6.03. The van der Waals surface area contributed by atoms with E-state index in [1.165, 1.54) is 11.6 Å². The van der Waals surface area contributed by atoms with E-state index in [4.69, 9.17) is 5.73 Å². The lowest BCUT2D eigenvalue weighted by atomic mass is 10.1. The first-order chi connectivity index (χ1) is 13.1. The Bertz CT molecular complexity index is 975. The highest BCUT2D eigenvalue weighted by atomic mass is 16.1. The van der Waals surface area contributed by atoms with Gasteiger partial charge in [0.1, 0.15) is 0 Å². The fraction of sp³-hybridized carbons (Fsp3) is 0.217. The minimum atomic E-state index is -0.178. The number of aromatic nitrogens is 1. The van der Waals surface area contributed by atoms with Crippen LogP contribution in [0.15, 0.2) is 54.6 Å². The van der Waals surface area contributed by atoms with Crippen molar-refractivity contribution in [3.8, 4) is 0 Å². The molecule has 0 atom stereocenters. The number of carbonyl (C=O) groups is 1. The maximum Gasteiger partial charge on any atom is 0.248 e. The first-order valence-corrected chi connectivity index (χ1v) is 9.36. The van der Waals surface area contributed by atoms with E-state index in [2.05, 4.69) is 36.3 Å². The molecule has 0 aliphatic carbocycles. The Hall–Kier alpha value is -3.14. The van der Waals surface area contributed by atoms with Crippen molar-refractivity contribution in [3.63, 3.8) is 0 Å². The van der Waals surface area contributed by atoms with Crippen molar-refractivity contribution < 1.29 is 4.79 Å². The van der Waals surface area contributed by atoms with Gasteiger partial charge in [-0.2, -0.15) is 0 Å². The predicted octanol–water partition coefficient (Wildman–Crippen LogP) is 4.98. The summed E-state index contributed by atoms with van der Waals surface area (Å²) in [4.78, 5) is 16.9. The molecular weight excluding hydrogens is 334 g/mol. The molecule has 3 aromatic rings. The van der Waals surface area contributed by atoms with Gasteiger partial charge < -0.3 is 11.1 Å².